The van der Waals surface area contributed by atoms with E-state index in [0.717, 1.165) is 15.8 Å². The molecule has 0 aromatic heterocycles. The quantitative estimate of drug-likeness (QED) is 0.825. The summed E-state index contributed by atoms with van der Waals surface area (Å²) in [4.78, 5) is 0. The molecule has 0 amide bonds. The van der Waals surface area contributed by atoms with Gasteiger partial charge in [-0.25, -0.2) is 4.39 Å². The average molecular weight is 350 g/mol. The summed E-state index contributed by atoms with van der Waals surface area (Å²) in [6, 6.07) is 11.3. The van der Waals surface area contributed by atoms with E-state index in [4.69, 9.17) is 4.74 Å². The molecule has 0 unspecified atom stereocenters. The van der Waals surface area contributed by atoms with Crippen molar-refractivity contribution in [3.05, 3.63) is 57.8 Å². The SMILES string of the molecule is Cc1cc(Br)ccc1Oc1cccc(F)c1CNC1CC1. The van der Waals surface area contributed by atoms with Crippen LogP contribution in [0.4, 0.5) is 4.39 Å². The predicted octanol–water partition coefficient (Wildman–Crippen LogP) is 4.94. The standard InChI is InChI=1S/C17H17BrFNO/c1-11-9-12(18)5-8-16(11)21-17-4-2-3-15(19)14(17)10-20-13-6-7-13/h2-5,8-9,13,20H,6-7,10H2,1H3. The van der Waals surface area contributed by atoms with E-state index in [1.54, 1.807) is 6.07 Å². The number of nitrogens with one attached hydrogen (secondary N) is 1. The first-order chi connectivity index (χ1) is 10.1. The van der Waals surface area contributed by atoms with Crippen molar-refractivity contribution in [1.82, 2.24) is 5.32 Å². The van der Waals surface area contributed by atoms with E-state index in [-0.39, 0.29) is 5.82 Å². The lowest BCUT2D eigenvalue weighted by Gasteiger charge is -2.14. The maximum absolute atomic E-state index is 14.1. The Morgan fingerprint density at radius 1 is 1.24 bits per heavy atom. The molecular weight excluding hydrogens is 333 g/mol. The minimum Gasteiger partial charge on any atom is -0.457 e. The van der Waals surface area contributed by atoms with Crippen molar-refractivity contribution in [2.75, 3.05) is 0 Å². The summed E-state index contributed by atoms with van der Waals surface area (Å²) in [6.07, 6.45) is 2.35. The molecule has 0 heterocycles. The fourth-order valence-electron chi connectivity index (χ4n) is 2.19. The van der Waals surface area contributed by atoms with E-state index in [1.165, 1.54) is 18.9 Å². The second-order valence-corrected chi connectivity index (χ2v) is 6.30. The second kappa shape index (κ2) is 6.16. The van der Waals surface area contributed by atoms with Crippen molar-refractivity contribution in [2.24, 2.45) is 0 Å². The fraction of sp³-hybridized carbons (Fsp3) is 0.294. The molecule has 21 heavy (non-hydrogen) atoms. The third kappa shape index (κ3) is 3.63. The molecule has 2 aromatic carbocycles. The molecule has 1 aliphatic carbocycles. The van der Waals surface area contributed by atoms with Gasteiger partial charge < -0.3 is 10.1 Å². The highest BCUT2D eigenvalue weighted by Gasteiger charge is 2.21. The number of aryl methyl sites for hydroxylation is 1. The lowest BCUT2D eigenvalue weighted by Crippen LogP contribution is -2.16. The van der Waals surface area contributed by atoms with Gasteiger partial charge in [-0.15, -0.1) is 0 Å². The molecule has 2 aromatic rings. The van der Waals surface area contributed by atoms with E-state index in [2.05, 4.69) is 21.2 Å². The van der Waals surface area contributed by atoms with Crippen LogP contribution in [0.15, 0.2) is 40.9 Å². The Morgan fingerprint density at radius 3 is 2.76 bits per heavy atom. The first kappa shape index (κ1) is 14.5. The van der Waals surface area contributed by atoms with Crippen molar-refractivity contribution in [1.29, 1.82) is 0 Å². The molecule has 3 rings (SSSR count). The zero-order valence-corrected chi connectivity index (χ0v) is 13.4. The summed E-state index contributed by atoms with van der Waals surface area (Å²) in [5, 5.41) is 3.34. The van der Waals surface area contributed by atoms with Crippen LogP contribution < -0.4 is 10.1 Å². The maximum atomic E-state index is 14.1. The molecule has 0 atom stereocenters. The number of halogens is 2. The van der Waals surface area contributed by atoms with Crippen LogP contribution in [0.5, 0.6) is 11.5 Å². The Balaban J connectivity index is 1.84. The maximum Gasteiger partial charge on any atom is 0.134 e. The van der Waals surface area contributed by atoms with Gasteiger partial charge in [0.1, 0.15) is 17.3 Å². The van der Waals surface area contributed by atoms with Crippen LogP contribution >= 0.6 is 15.9 Å². The molecule has 0 radical (unpaired) electrons. The zero-order chi connectivity index (χ0) is 14.8. The first-order valence-electron chi connectivity index (χ1n) is 7.08. The van der Waals surface area contributed by atoms with E-state index < -0.39 is 0 Å². The minimum atomic E-state index is -0.226. The first-order valence-corrected chi connectivity index (χ1v) is 7.87. The van der Waals surface area contributed by atoms with Gasteiger partial charge in [0.2, 0.25) is 0 Å². The van der Waals surface area contributed by atoms with Gasteiger partial charge in [0.15, 0.2) is 0 Å². The largest absolute Gasteiger partial charge is 0.457 e. The second-order valence-electron chi connectivity index (χ2n) is 5.38. The van der Waals surface area contributed by atoms with Gasteiger partial charge in [-0.3, -0.25) is 0 Å². The summed E-state index contributed by atoms with van der Waals surface area (Å²) in [7, 11) is 0. The number of ether oxygens (including phenoxy) is 1. The van der Waals surface area contributed by atoms with E-state index in [9.17, 15) is 4.39 Å². The predicted molar refractivity (Wildman–Crippen MR) is 85.2 cm³/mol. The molecule has 0 bridgehead atoms. The van der Waals surface area contributed by atoms with Crippen LogP contribution in [0.3, 0.4) is 0 Å². The van der Waals surface area contributed by atoms with Crippen LogP contribution in [0, 0.1) is 12.7 Å². The minimum absolute atomic E-state index is 0.226. The molecule has 110 valence electrons. The van der Waals surface area contributed by atoms with E-state index in [0.29, 0.717) is 23.9 Å². The smallest absolute Gasteiger partial charge is 0.134 e. The Hall–Kier alpha value is -1.39. The van der Waals surface area contributed by atoms with Crippen LogP contribution in [0.2, 0.25) is 0 Å². The van der Waals surface area contributed by atoms with Gasteiger partial charge in [-0.2, -0.15) is 0 Å². The molecule has 1 N–H and O–H groups in total. The van der Waals surface area contributed by atoms with Crippen molar-refractivity contribution < 1.29 is 9.13 Å². The van der Waals surface area contributed by atoms with Crippen LogP contribution in [0.1, 0.15) is 24.0 Å². The van der Waals surface area contributed by atoms with Crippen LogP contribution in [-0.2, 0) is 6.54 Å². The lowest BCUT2D eigenvalue weighted by atomic mass is 10.1. The summed E-state index contributed by atoms with van der Waals surface area (Å²) >= 11 is 3.43. The Morgan fingerprint density at radius 2 is 2.05 bits per heavy atom. The number of hydrogen-bond donors (Lipinski definition) is 1. The van der Waals surface area contributed by atoms with E-state index in [1.807, 2.05) is 31.2 Å². The molecule has 2 nitrogen and oxygen atoms in total. The third-order valence-electron chi connectivity index (χ3n) is 3.58. The highest BCUT2D eigenvalue weighted by molar-refractivity contribution is 9.10. The molecule has 4 heteroatoms. The zero-order valence-electron chi connectivity index (χ0n) is 11.8. The van der Waals surface area contributed by atoms with Gasteiger partial charge in [-0.1, -0.05) is 22.0 Å². The number of hydrogen-bond acceptors (Lipinski definition) is 2. The summed E-state index contributed by atoms with van der Waals surface area (Å²) in [5.41, 5.74) is 1.60. The van der Waals surface area contributed by atoms with Gasteiger partial charge in [0.05, 0.1) is 0 Å². The highest BCUT2D eigenvalue weighted by Crippen LogP contribution is 2.31. The summed E-state index contributed by atoms with van der Waals surface area (Å²) in [6.45, 7) is 2.48. The van der Waals surface area contributed by atoms with Crippen LogP contribution in [-0.4, -0.2) is 6.04 Å². The summed E-state index contributed by atoms with van der Waals surface area (Å²) < 4.78 is 21.0. The van der Waals surface area contributed by atoms with Gasteiger partial charge in [-0.05, 0) is 55.7 Å². The molecular formula is C17H17BrFNO. The Bertz CT molecular complexity index is 655. The lowest BCUT2D eigenvalue weighted by molar-refractivity contribution is 0.458. The highest BCUT2D eigenvalue weighted by atomic mass is 79.9. The van der Waals surface area contributed by atoms with Gasteiger partial charge in [0.25, 0.3) is 0 Å². The van der Waals surface area contributed by atoms with Crippen molar-refractivity contribution >= 4 is 15.9 Å². The fourth-order valence-corrected chi connectivity index (χ4v) is 2.66. The molecule has 0 spiro atoms. The Kier molecular flexibility index (Phi) is 4.27. The molecule has 1 fully saturated rings. The normalized spacial score (nSPS) is 14.2. The monoisotopic (exact) mass is 349 g/mol. The topological polar surface area (TPSA) is 21.3 Å². The number of rotatable bonds is 5. The summed E-state index contributed by atoms with van der Waals surface area (Å²) in [5.74, 6) is 1.10. The molecule has 0 saturated heterocycles. The molecule has 1 saturated carbocycles. The van der Waals surface area contributed by atoms with Crippen molar-refractivity contribution in [3.63, 3.8) is 0 Å². The molecule has 1 aliphatic rings. The van der Waals surface area contributed by atoms with E-state index >= 15 is 0 Å². The van der Waals surface area contributed by atoms with Crippen molar-refractivity contribution in [3.8, 4) is 11.5 Å². The average Bonchev–Trinajstić information content (AvgIpc) is 3.25. The molecule has 0 aliphatic heterocycles. The van der Waals surface area contributed by atoms with Gasteiger partial charge >= 0.3 is 0 Å². The van der Waals surface area contributed by atoms with Crippen molar-refractivity contribution in [2.45, 2.75) is 32.4 Å². The van der Waals surface area contributed by atoms with Crippen LogP contribution in [0.25, 0.3) is 0 Å². The third-order valence-corrected chi connectivity index (χ3v) is 4.07. The Labute approximate surface area is 132 Å². The van der Waals surface area contributed by atoms with Gasteiger partial charge in [0, 0.05) is 22.6 Å². The number of benzene rings is 2.